The second-order valence-electron chi connectivity index (χ2n) is 7.99. The summed E-state index contributed by atoms with van der Waals surface area (Å²) in [6.45, 7) is 1.74. The van der Waals surface area contributed by atoms with E-state index in [1.165, 1.54) is 11.3 Å². The number of thiophene rings is 1. The Balaban J connectivity index is 1.43. The molecule has 0 radical (unpaired) electrons. The van der Waals surface area contributed by atoms with Gasteiger partial charge in [0.15, 0.2) is 0 Å². The second-order valence-corrected chi connectivity index (χ2v) is 10.8. The van der Waals surface area contributed by atoms with E-state index in [0.29, 0.717) is 35.8 Å². The predicted molar refractivity (Wildman–Crippen MR) is 124 cm³/mol. The molecular formula is C24H24N2O3S2. The average molecular weight is 453 g/mol. The predicted octanol–water partition coefficient (Wildman–Crippen LogP) is 4.79. The van der Waals surface area contributed by atoms with Gasteiger partial charge in [0.25, 0.3) is 5.91 Å². The Labute approximate surface area is 187 Å². The molecule has 1 fully saturated rings. The first-order chi connectivity index (χ1) is 15.1. The normalized spacial score (nSPS) is 17.0. The maximum atomic E-state index is 13.4. The summed E-state index contributed by atoms with van der Waals surface area (Å²) in [6, 6.07) is 17.1. The Kier molecular flexibility index (Phi) is 5.42. The molecule has 1 amide bonds. The van der Waals surface area contributed by atoms with E-state index in [0.717, 1.165) is 41.6 Å². The lowest BCUT2D eigenvalue weighted by Gasteiger charge is -2.26. The number of amides is 1. The Morgan fingerprint density at radius 1 is 0.903 bits per heavy atom. The van der Waals surface area contributed by atoms with Crippen LogP contribution in [0.25, 0.3) is 11.1 Å². The van der Waals surface area contributed by atoms with Crippen LogP contribution in [0.4, 0.5) is 5.69 Å². The van der Waals surface area contributed by atoms with Crippen LogP contribution in [0.3, 0.4) is 0 Å². The van der Waals surface area contributed by atoms with Crippen molar-refractivity contribution in [1.29, 1.82) is 0 Å². The molecule has 2 aliphatic heterocycles. The number of anilines is 1. The molecule has 0 bridgehead atoms. The van der Waals surface area contributed by atoms with Gasteiger partial charge in [-0.2, -0.15) is 4.31 Å². The van der Waals surface area contributed by atoms with E-state index >= 15 is 0 Å². The first kappa shape index (κ1) is 20.4. The van der Waals surface area contributed by atoms with Crippen molar-refractivity contribution in [2.24, 2.45) is 0 Å². The van der Waals surface area contributed by atoms with Crippen molar-refractivity contribution >= 4 is 33.0 Å². The van der Waals surface area contributed by atoms with E-state index < -0.39 is 10.0 Å². The number of benzene rings is 2. The summed E-state index contributed by atoms with van der Waals surface area (Å²) in [4.78, 5) is 16.2. The Bertz CT molecular complexity index is 1210. The van der Waals surface area contributed by atoms with Gasteiger partial charge in [-0.15, -0.1) is 11.3 Å². The van der Waals surface area contributed by atoms with Gasteiger partial charge in [0.1, 0.15) is 4.88 Å². The molecule has 1 saturated heterocycles. The standard InChI is InChI=1S/C24H24N2O3S2/c27-24(23-21(12-16-30-23)18-7-3-1-4-8-18)26-15-11-19-17-20(9-10-22(19)26)31(28,29)25-13-5-2-6-14-25/h1,3-4,7-10,12,16-17H,2,5-6,11,13-15H2. The number of fused-ring (bicyclic) bond motifs is 1. The number of piperidine rings is 1. The molecule has 0 N–H and O–H groups in total. The maximum Gasteiger partial charge on any atom is 0.268 e. The van der Waals surface area contributed by atoms with Crippen molar-refractivity contribution in [2.75, 3.05) is 24.5 Å². The third-order valence-electron chi connectivity index (χ3n) is 6.09. The van der Waals surface area contributed by atoms with Crippen LogP contribution in [0.2, 0.25) is 0 Å². The zero-order valence-electron chi connectivity index (χ0n) is 17.2. The van der Waals surface area contributed by atoms with Crippen molar-refractivity contribution in [1.82, 2.24) is 4.31 Å². The van der Waals surface area contributed by atoms with Gasteiger partial charge in [0.05, 0.1) is 4.90 Å². The fraction of sp³-hybridized carbons (Fsp3) is 0.292. The number of nitrogens with zero attached hydrogens (tertiary/aromatic N) is 2. The van der Waals surface area contributed by atoms with Crippen molar-refractivity contribution in [3.63, 3.8) is 0 Å². The smallest absolute Gasteiger partial charge is 0.268 e. The quantitative estimate of drug-likeness (QED) is 0.572. The zero-order chi connectivity index (χ0) is 21.4. The topological polar surface area (TPSA) is 57.7 Å². The van der Waals surface area contributed by atoms with Gasteiger partial charge in [-0.25, -0.2) is 8.42 Å². The van der Waals surface area contributed by atoms with Gasteiger partial charge < -0.3 is 4.90 Å². The molecule has 3 heterocycles. The molecule has 0 atom stereocenters. The molecule has 2 aromatic carbocycles. The molecular weight excluding hydrogens is 428 g/mol. The fourth-order valence-electron chi connectivity index (χ4n) is 4.45. The third-order valence-corrected chi connectivity index (χ3v) is 8.89. The lowest BCUT2D eigenvalue weighted by Crippen LogP contribution is -2.35. The monoisotopic (exact) mass is 452 g/mol. The number of carbonyl (C=O) groups is 1. The summed E-state index contributed by atoms with van der Waals surface area (Å²) in [5.74, 6) is -0.0285. The highest BCUT2D eigenvalue weighted by Gasteiger charge is 2.31. The van der Waals surface area contributed by atoms with Crippen LogP contribution in [0.15, 0.2) is 64.9 Å². The molecule has 2 aliphatic rings. The number of rotatable bonds is 4. The van der Waals surface area contributed by atoms with Crippen LogP contribution in [0.1, 0.15) is 34.5 Å². The maximum absolute atomic E-state index is 13.4. The summed E-state index contributed by atoms with van der Waals surface area (Å²) < 4.78 is 27.7. The minimum Gasteiger partial charge on any atom is -0.307 e. The molecule has 1 aromatic heterocycles. The van der Waals surface area contributed by atoms with E-state index in [1.807, 2.05) is 41.8 Å². The first-order valence-electron chi connectivity index (χ1n) is 10.6. The van der Waals surface area contributed by atoms with Crippen LogP contribution in [-0.2, 0) is 16.4 Å². The van der Waals surface area contributed by atoms with Crippen LogP contribution in [0, 0.1) is 0 Å². The summed E-state index contributed by atoms with van der Waals surface area (Å²) in [5.41, 5.74) is 3.70. The highest BCUT2D eigenvalue weighted by atomic mass is 32.2. The van der Waals surface area contributed by atoms with E-state index in [9.17, 15) is 13.2 Å². The number of hydrogen-bond acceptors (Lipinski definition) is 4. The number of carbonyl (C=O) groups excluding carboxylic acids is 1. The zero-order valence-corrected chi connectivity index (χ0v) is 18.8. The molecule has 5 nitrogen and oxygen atoms in total. The Hall–Kier alpha value is -2.48. The molecule has 0 aliphatic carbocycles. The number of sulfonamides is 1. The van der Waals surface area contributed by atoms with Crippen LogP contribution in [0.5, 0.6) is 0 Å². The van der Waals surface area contributed by atoms with Gasteiger partial charge in [0.2, 0.25) is 10.0 Å². The minimum absolute atomic E-state index is 0.0285. The van der Waals surface area contributed by atoms with Crippen LogP contribution < -0.4 is 4.90 Å². The molecule has 5 rings (SSSR count). The van der Waals surface area contributed by atoms with E-state index in [-0.39, 0.29) is 5.91 Å². The highest BCUT2D eigenvalue weighted by Crippen LogP contribution is 2.36. The first-order valence-corrected chi connectivity index (χ1v) is 13.0. The van der Waals surface area contributed by atoms with Gasteiger partial charge in [-0.05, 0) is 60.0 Å². The van der Waals surface area contributed by atoms with E-state index in [1.54, 1.807) is 27.4 Å². The SMILES string of the molecule is O=C(c1sccc1-c1ccccc1)N1CCc2cc(S(=O)(=O)N3CCCCC3)ccc21. The third kappa shape index (κ3) is 3.71. The molecule has 0 unspecified atom stereocenters. The van der Waals surface area contributed by atoms with Gasteiger partial charge in [-0.1, -0.05) is 36.8 Å². The van der Waals surface area contributed by atoms with Crippen molar-refractivity contribution in [3.8, 4) is 11.1 Å². The molecule has 3 aromatic rings. The lowest BCUT2D eigenvalue weighted by atomic mass is 10.1. The Morgan fingerprint density at radius 3 is 2.45 bits per heavy atom. The number of hydrogen-bond donors (Lipinski definition) is 0. The van der Waals surface area contributed by atoms with Crippen LogP contribution >= 0.6 is 11.3 Å². The Morgan fingerprint density at radius 2 is 1.68 bits per heavy atom. The molecule has 160 valence electrons. The molecule has 0 saturated carbocycles. The van der Waals surface area contributed by atoms with Gasteiger partial charge in [-0.3, -0.25) is 4.79 Å². The van der Waals surface area contributed by atoms with Crippen molar-refractivity contribution < 1.29 is 13.2 Å². The average Bonchev–Trinajstić information content (AvgIpc) is 3.47. The summed E-state index contributed by atoms with van der Waals surface area (Å²) >= 11 is 1.45. The summed E-state index contributed by atoms with van der Waals surface area (Å²) in [5, 5.41) is 1.95. The minimum atomic E-state index is -3.48. The molecule has 0 spiro atoms. The lowest BCUT2D eigenvalue weighted by molar-refractivity contribution is 0.0994. The summed E-state index contributed by atoms with van der Waals surface area (Å²) in [6.07, 6.45) is 3.57. The molecule has 31 heavy (non-hydrogen) atoms. The van der Waals surface area contributed by atoms with Gasteiger partial charge in [0, 0.05) is 30.9 Å². The van der Waals surface area contributed by atoms with E-state index in [2.05, 4.69) is 0 Å². The van der Waals surface area contributed by atoms with Crippen molar-refractivity contribution in [3.05, 3.63) is 70.4 Å². The second kappa shape index (κ2) is 8.22. The highest BCUT2D eigenvalue weighted by molar-refractivity contribution is 7.89. The van der Waals surface area contributed by atoms with Crippen molar-refractivity contribution in [2.45, 2.75) is 30.6 Å². The molecule has 7 heteroatoms. The van der Waals surface area contributed by atoms with E-state index in [4.69, 9.17) is 0 Å². The fourth-order valence-corrected chi connectivity index (χ4v) is 6.88. The largest absolute Gasteiger partial charge is 0.307 e. The summed E-state index contributed by atoms with van der Waals surface area (Å²) in [7, 11) is -3.48. The van der Waals surface area contributed by atoms with Gasteiger partial charge >= 0.3 is 0 Å². The van der Waals surface area contributed by atoms with Crippen LogP contribution in [-0.4, -0.2) is 38.3 Å².